The van der Waals surface area contributed by atoms with E-state index in [4.69, 9.17) is 15.4 Å². The van der Waals surface area contributed by atoms with Gasteiger partial charge in [0, 0.05) is 12.1 Å². The van der Waals surface area contributed by atoms with Crippen LogP contribution < -0.4 is 0 Å². The third kappa shape index (κ3) is 2.27. The van der Waals surface area contributed by atoms with Crippen LogP contribution in [0.15, 0.2) is 18.2 Å². The summed E-state index contributed by atoms with van der Waals surface area (Å²) in [4.78, 5) is 31.0. The predicted molar refractivity (Wildman–Crippen MR) is 45.4 cm³/mol. The number of nitrogens with zero attached hydrogens (tertiary/aromatic N) is 1. The summed E-state index contributed by atoms with van der Waals surface area (Å²) in [7, 11) is 0. The molecule has 0 unspecified atom stereocenters. The maximum atomic E-state index is 10.6. The second-order valence-electron chi connectivity index (χ2n) is 2.65. The first-order chi connectivity index (χ1) is 6.91. The summed E-state index contributed by atoms with van der Waals surface area (Å²) in [5.74, 6) is -2.78. The second kappa shape index (κ2) is 3.74. The molecule has 7 heteroatoms. The van der Waals surface area contributed by atoms with Gasteiger partial charge in [0.05, 0.1) is 16.0 Å². The van der Waals surface area contributed by atoms with E-state index >= 15 is 0 Å². The van der Waals surface area contributed by atoms with Crippen molar-refractivity contribution in [1.29, 1.82) is 0 Å². The summed E-state index contributed by atoms with van der Waals surface area (Å²) in [5.41, 5.74) is -1.23. The molecule has 0 fully saturated rings. The lowest BCUT2D eigenvalue weighted by Crippen LogP contribution is -2.04. The van der Waals surface area contributed by atoms with E-state index in [1.54, 1.807) is 0 Å². The molecule has 0 aromatic heterocycles. The fourth-order valence-electron chi connectivity index (χ4n) is 0.969. The number of hydrogen-bond acceptors (Lipinski definition) is 3. The average molecular weight is 212 g/mol. The topological polar surface area (TPSA) is 115 Å². The van der Waals surface area contributed by atoms with E-state index < -0.39 is 22.5 Å². The second-order valence-corrected chi connectivity index (χ2v) is 2.65. The minimum Gasteiger partial charge on any atom is -0.478 e. The van der Waals surface area contributed by atoms with Crippen LogP contribution in [-0.2, 0) is 0 Å². The smallest absolute Gasteiger partial charge is 0.335 e. The van der Waals surface area contributed by atoms with Crippen molar-refractivity contribution in [3.8, 4) is 0 Å². The number of aromatic carboxylic acids is 2. The SMILES string of the molecule is O=C(O)c1cc(C(=O)O)cc([N+](=O)O)c1. The van der Waals surface area contributed by atoms with Gasteiger partial charge < -0.3 is 10.2 Å². The molecule has 7 nitrogen and oxygen atoms in total. The predicted octanol–water partition coefficient (Wildman–Crippen LogP) is 0.883. The van der Waals surface area contributed by atoms with Gasteiger partial charge in [-0.15, -0.1) is 0 Å². The highest BCUT2D eigenvalue weighted by atomic mass is 16.6. The lowest BCUT2D eigenvalue weighted by atomic mass is 10.1. The van der Waals surface area contributed by atoms with Crippen LogP contribution in [0, 0.1) is 4.91 Å². The van der Waals surface area contributed by atoms with Gasteiger partial charge in [0.15, 0.2) is 0 Å². The summed E-state index contributed by atoms with van der Waals surface area (Å²) < 4.78 is 0. The Balaban J connectivity index is 3.39. The van der Waals surface area contributed by atoms with Gasteiger partial charge >= 0.3 is 17.6 Å². The number of carboxylic acids is 2. The minimum absolute atomic E-state index is 0.389. The Hall–Kier alpha value is -2.44. The van der Waals surface area contributed by atoms with Crippen molar-refractivity contribution < 1.29 is 29.9 Å². The van der Waals surface area contributed by atoms with Crippen molar-refractivity contribution in [3.05, 3.63) is 34.2 Å². The Morgan fingerprint density at radius 2 is 1.40 bits per heavy atom. The molecule has 0 aliphatic heterocycles. The summed E-state index contributed by atoms with van der Waals surface area (Å²) in [6.07, 6.45) is 0. The lowest BCUT2D eigenvalue weighted by molar-refractivity contribution is -0.729. The maximum absolute atomic E-state index is 10.6. The van der Waals surface area contributed by atoms with Gasteiger partial charge in [-0.05, 0) is 6.07 Å². The van der Waals surface area contributed by atoms with Crippen LogP contribution in [-0.4, -0.2) is 32.3 Å². The van der Waals surface area contributed by atoms with Crippen molar-refractivity contribution in [2.75, 3.05) is 0 Å². The fourth-order valence-corrected chi connectivity index (χ4v) is 0.969. The molecular formula is C8H6NO6+. The van der Waals surface area contributed by atoms with Crippen molar-refractivity contribution in [2.24, 2.45) is 0 Å². The van der Waals surface area contributed by atoms with E-state index in [1.807, 2.05) is 0 Å². The number of rotatable bonds is 3. The molecule has 0 saturated heterocycles. The molecule has 0 saturated carbocycles. The third-order valence-electron chi connectivity index (χ3n) is 1.63. The molecule has 1 aromatic rings. The van der Waals surface area contributed by atoms with Crippen molar-refractivity contribution in [1.82, 2.24) is 0 Å². The molecule has 0 heterocycles. The molecule has 0 atom stereocenters. The first-order valence-corrected chi connectivity index (χ1v) is 3.69. The Bertz CT molecular complexity index is 373. The van der Waals surface area contributed by atoms with Crippen LogP contribution in [0.25, 0.3) is 0 Å². The van der Waals surface area contributed by atoms with Crippen molar-refractivity contribution in [3.63, 3.8) is 0 Å². The largest absolute Gasteiger partial charge is 0.478 e. The van der Waals surface area contributed by atoms with E-state index in [1.165, 1.54) is 0 Å². The Kier molecular flexibility index (Phi) is 2.65. The summed E-state index contributed by atoms with van der Waals surface area (Å²) in [5, 5.41) is 25.7. The van der Waals surface area contributed by atoms with Gasteiger partial charge in [-0.1, -0.05) is 0 Å². The molecule has 0 aliphatic rings. The molecule has 1 rings (SSSR count). The molecular weight excluding hydrogens is 206 g/mol. The standard InChI is InChI=1S/C8H5NO6/c10-7(11)4-1-5(8(12)13)3-6(2-4)9(14)15/h1-3H,(H2-,10,11,12,13,14,15)/p+1. The minimum atomic E-state index is -1.39. The molecule has 1 aromatic carbocycles. The maximum Gasteiger partial charge on any atom is 0.335 e. The molecule has 15 heavy (non-hydrogen) atoms. The average Bonchev–Trinajstić information content (AvgIpc) is 2.16. The Labute approximate surface area is 82.7 Å². The van der Waals surface area contributed by atoms with Crippen LogP contribution >= 0.6 is 0 Å². The zero-order valence-electron chi connectivity index (χ0n) is 7.25. The van der Waals surface area contributed by atoms with Crippen LogP contribution in [0.4, 0.5) is 5.69 Å². The highest BCUT2D eigenvalue weighted by Crippen LogP contribution is 2.16. The molecule has 0 amide bonds. The number of carbonyl (C=O) groups is 2. The number of carboxylic acid groups (broad SMARTS) is 2. The summed E-state index contributed by atoms with van der Waals surface area (Å²) in [6, 6.07) is 2.61. The van der Waals surface area contributed by atoms with Crippen molar-refractivity contribution >= 4 is 17.6 Å². The Morgan fingerprint density at radius 3 is 1.67 bits per heavy atom. The molecule has 0 aliphatic carbocycles. The monoisotopic (exact) mass is 212 g/mol. The number of hydrogen-bond donors (Lipinski definition) is 3. The molecule has 0 bridgehead atoms. The summed E-state index contributed by atoms with van der Waals surface area (Å²) >= 11 is 0. The van der Waals surface area contributed by atoms with E-state index in [0.717, 1.165) is 18.2 Å². The van der Waals surface area contributed by atoms with E-state index in [9.17, 15) is 14.5 Å². The zero-order chi connectivity index (χ0) is 11.6. The quantitative estimate of drug-likeness (QED) is 0.640. The Morgan fingerprint density at radius 1 is 1.00 bits per heavy atom. The fraction of sp³-hybridized carbons (Fsp3) is 0. The van der Waals surface area contributed by atoms with E-state index in [0.29, 0.717) is 0 Å². The van der Waals surface area contributed by atoms with Crippen molar-refractivity contribution in [2.45, 2.75) is 0 Å². The van der Waals surface area contributed by atoms with Gasteiger partial charge in [0.1, 0.15) is 0 Å². The molecule has 0 spiro atoms. The zero-order valence-corrected chi connectivity index (χ0v) is 7.25. The lowest BCUT2D eigenvalue weighted by Gasteiger charge is -1.96. The first-order valence-electron chi connectivity index (χ1n) is 3.69. The van der Waals surface area contributed by atoms with Crippen LogP contribution in [0.5, 0.6) is 0 Å². The van der Waals surface area contributed by atoms with Crippen LogP contribution in [0.1, 0.15) is 20.7 Å². The molecule has 0 radical (unpaired) electrons. The van der Waals surface area contributed by atoms with Gasteiger partial charge in [-0.25, -0.2) is 14.8 Å². The van der Waals surface area contributed by atoms with Gasteiger partial charge in [0.25, 0.3) is 4.92 Å². The van der Waals surface area contributed by atoms with E-state index in [-0.39, 0.29) is 11.1 Å². The van der Waals surface area contributed by atoms with Gasteiger partial charge in [-0.3, -0.25) is 0 Å². The first kappa shape index (κ1) is 10.6. The van der Waals surface area contributed by atoms with Crippen LogP contribution in [0.3, 0.4) is 0 Å². The number of benzene rings is 1. The van der Waals surface area contributed by atoms with Gasteiger partial charge in [-0.2, -0.15) is 0 Å². The van der Waals surface area contributed by atoms with E-state index in [2.05, 4.69) is 0 Å². The highest BCUT2D eigenvalue weighted by Gasteiger charge is 2.19. The summed E-state index contributed by atoms with van der Waals surface area (Å²) in [6.45, 7) is 0. The normalized spacial score (nSPS) is 9.60. The molecule has 3 N–H and O–H groups in total. The third-order valence-corrected chi connectivity index (χ3v) is 1.63. The van der Waals surface area contributed by atoms with Crippen LogP contribution in [0.2, 0.25) is 0 Å². The molecule has 78 valence electrons. The van der Waals surface area contributed by atoms with Gasteiger partial charge in [0.2, 0.25) is 0 Å². The highest BCUT2D eigenvalue weighted by molar-refractivity contribution is 5.94.